The summed E-state index contributed by atoms with van der Waals surface area (Å²) in [5.41, 5.74) is 1.36. The van der Waals surface area contributed by atoms with Gasteiger partial charge in [0.15, 0.2) is 0 Å². The average molecular weight is 276 g/mol. The Bertz CT molecular complexity index is 153. The van der Waals surface area contributed by atoms with Gasteiger partial charge < -0.3 is 0 Å². The zero-order valence-corrected chi connectivity index (χ0v) is 13.2. The van der Waals surface area contributed by atoms with E-state index in [1.807, 2.05) is 0 Å². The first-order valence-electron chi connectivity index (χ1n) is 2.82. The molecule has 0 N–H and O–H groups in total. The van der Waals surface area contributed by atoms with E-state index in [0.717, 1.165) is 16.5 Å². The average Bonchev–Trinajstić information content (AvgIpc) is 1.77. The maximum Gasteiger partial charge on any atom is -0.147 e. The molecule has 0 aromatic heterocycles. The van der Waals surface area contributed by atoms with Crippen molar-refractivity contribution in [1.82, 2.24) is 0 Å². The molecule has 66 valence electrons. The minimum atomic E-state index is 0. The standard InChI is InChI=1S/C7H10Ge.3ClH/c1-6-2-4-7(8)5-3-6;;;/h2-5H,1,8H3;3*1H. The van der Waals surface area contributed by atoms with Crippen LogP contribution in [0.4, 0.5) is 0 Å². The van der Waals surface area contributed by atoms with Gasteiger partial charge in [-0.3, -0.25) is 0 Å². The molecule has 0 aliphatic rings. The molecule has 1 rings (SSSR count). The second-order valence-corrected chi connectivity index (χ2v) is 4.58. The molecule has 1 aromatic rings. The first-order chi connectivity index (χ1) is 3.79. The summed E-state index contributed by atoms with van der Waals surface area (Å²) in [6.45, 7) is 2.12. The first-order valence-corrected chi connectivity index (χ1v) is 4.92. The zero-order valence-electron chi connectivity index (χ0n) is 6.53. The third-order valence-electron chi connectivity index (χ3n) is 1.22. The van der Waals surface area contributed by atoms with Crippen molar-refractivity contribution < 1.29 is 0 Å². The maximum atomic E-state index is 2.20. The van der Waals surface area contributed by atoms with Crippen molar-refractivity contribution in [2.45, 2.75) is 6.92 Å². The van der Waals surface area contributed by atoms with E-state index in [2.05, 4.69) is 31.2 Å². The molecule has 4 heteroatoms. The van der Waals surface area contributed by atoms with Gasteiger partial charge in [-0.1, -0.05) is 0 Å². The molecule has 11 heavy (non-hydrogen) atoms. The van der Waals surface area contributed by atoms with Crippen LogP contribution in [0, 0.1) is 6.92 Å². The van der Waals surface area contributed by atoms with Gasteiger partial charge in [-0.25, -0.2) is 0 Å². The molecule has 1 aromatic carbocycles. The number of hydrogen-bond acceptors (Lipinski definition) is 0. The monoisotopic (exact) mass is 276 g/mol. The predicted octanol–water partition coefficient (Wildman–Crippen LogP) is 1.25. The topological polar surface area (TPSA) is 0 Å². The van der Waals surface area contributed by atoms with Crippen LogP contribution in [0.5, 0.6) is 0 Å². The van der Waals surface area contributed by atoms with Crippen molar-refractivity contribution >= 4 is 58.1 Å². The number of aryl methyl sites for hydroxylation is 1. The van der Waals surface area contributed by atoms with Gasteiger partial charge in [0, 0.05) is 0 Å². The Hall–Kier alpha value is 0.633. The van der Waals surface area contributed by atoms with Crippen molar-refractivity contribution in [1.29, 1.82) is 0 Å². The van der Waals surface area contributed by atoms with Gasteiger partial charge in [0.2, 0.25) is 0 Å². The number of rotatable bonds is 0. The Balaban J connectivity index is -0.000000213. The van der Waals surface area contributed by atoms with E-state index in [9.17, 15) is 0 Å². The Morgan fingerprint density at radius 2 is 1.27 bits per heavy atom. The summed E-state index contributed by atoms with van der Waals surface area (Å²) in [6, 6.07) is 8.74. The summed E-state index contributed by atoms with van der Waals surface area (Å²) in [4.78, 5) is 0. The van der Waals surface area contributed by atoms with Gasteiger partial charge in [-0.15, -0.1) is 37.2 Å². The second kappa shape index (κ2) is 8.73. The fourth-order valence-electron chi connectivity index (χ4n) is 0.637. The molecule has 0 nitrogen and oxygen atoms in total. The van der Waals surface area contributed by atoms with Crippen LogP contribution < -0.4 is 4.40 Å². The fourth-order valence-corrected chi connectivity index (χ4v) is 1.34. The number of halogens is 3. The molecule has 0 saturated heterocycles. The van der Waals surface area contributed by atoms with Gasteiger partial charge in [-0.05, 0) is 0 Å². The SMILES string of the molecule is Cc1cc[c]([GeH3])cc1.Cl.Cl.Cl. The van der Waals surface area contributed by atoms with Crippen LogP contribution in [-0.2, 0) is 0 Å². The predicted molar refractivity (Wildman–Crippen MR) is 62.5 cm³/mol. The third kappa shape index (κ3) is 7.01. The Kier molecular flexibility index (Phi) is 14.0. The summed E-state index contributed by atoms with van der Waals surface area (Å²) in [5.74, 6) is 0. The molecular weight excluding hydrogens is 263 g/mol. The summed E-state index contributed by atoms with van der Waals surface area (Å²) < 4.78 is 1.52. The smallest absolute Gasteiger partial charge is 0.147 e. The molecule has 0 unspecified atom stereocenters. The quantitative estimate of drug-likeness (QED) is 0.626. The summed E-state index contributed by atoms with van der Waals surface area (Å²) >= 11 is 0.848. The summed E-state index contributed by atoms with van der Waals surface area (Å²) in [7, 11) is 0. The minimum absolute atomic E-state index is 0. The van der Waals surface area contributed by atoms with E-state index in [4.69, 9.17) is 0 Å². The van der Waals surface area contributed by atoms with E-state index in [-0.39, 0.29) is 37.2 Å². The van der Waals surface area contributed by atoms with Crippen molar-refractivity contribution in [3.63, 3.8) is 0 Å². The molecule has 0 heterocycles. The molecule has 0 aliphatic heterocycles. The van der Waals surface area contributed by atoms with Crippen LogP contribution in [-0.4, -0.2) is 16.5 Å². The van der Waals surface area contributed by atoms with Crippen LogP contribution in [0.1, 0.15) is 5.56 Å². The molecule has 0 radical (unpaired) electrons. The van der Waals surface area contributed by atoms with Crippen LogP contribution >= 0.6 is 37.2 Å². The van der Waals surface area contributed by atoms with Crippen molar-refractivity contribution in [3.05, 3.63) is 29.8 Å². The Morgan fingerprint density at radius 3 is 1.55 bits per heavy atom. The van der Waals surface area contributed by atoms with Gasteiger partial charge in [0.25, 0.3) is 0 Å². The largest absolute Gasteiger partial charge is 0.147 e. The van der Waals surface area contributed by atoms with Crippen molar-refractivity contribution in [2.75, 3.05) is 0 Å². The molecule has 0 fully saturated rings. The van der Waals surface area contributed by atoms with E-state index in [0.29, 0.717) is 0 Å². The maximum absolute atomic E-state index is 2.20. The van der Waals surface area contributed by atoms with Crippen LogP contribution in [0.15, 0.2) is 24.3 Å². The molecule has 0 bridgehead atoms. The fraction of sp³-hybridized carbons (Fsp3) is 0.143. The number of benzene rings is 1. The molecule has 0 saturated carbocycles. The number of hydrogen-bond donors (Lipinski definition) is 0. The first kappa shape index (κ1) is 17.6. The third-order valence-corrected chi connectivity index (χ3v) is 2.62. The van der Waals surface area contributed by atoms with Gasteiger partial charge in [0.1, 0.15) is 0 Å². The molecule has 0 spiro atoms. The molecule has 0 amide bonds. The van der Waals surface area contributed by atoms with E-state index < -0.39 is 0 Å². The normalized spacial score (nSPS) is 7.00. The van der Waals surface area contributed by atoms with E-state index in [1.165, 1.54) is 9.96 Å². The van der Waals surface area contributed by atoms with Crippen LogP contribution in [0.25, 0.3) is 0 Å². The van der Waals surface area contributed by atoms with Gasteiger partial charge in [-0.2, -0.15) is 0 Å². The van der Waals surface area contributed by atoms with Gasteiger partial charge >= 0.3 is 57.7 Å². The van der Waals surface area contributed by atoms with Crippen molar-refractivity contribution in [2.24, 2.45) is 0 Å². The molecule has 0 atom stereocenters. The van der Waals surface area contributed by atoms with Gasteiger partial charge in [0.05, 0.1) is 0 Å². The Labute approximate surface area is 94.6 Å². The van der Waals surface area contributed by atoms with Crippen LogP contribution in [0.2, 0.25) is 0 Å². The van der Waals surface area contributed by atoms with Crippen LogP contribution in [0.3, 0.4) is 0 Å². The second-order valence-electron chi connectivity index (χ2n) is 2.15. The van der Waals surface area contributed by atoms with E-state index in [1.54, 1.807) is 0 Å². The van der Waals surface area contributed by atoms with Crippen molar-refractivity contribution in [3.8, 4) is 0 Å². The minimum Gasteiger partial charge on any atom is -0.147 e. The molecular formula is C7H13Cl3Ge. The Morgan fingerprint density at radius 1 is 0.909 bits per heavy atom. The van der Waals surface area contributed by atoms with E-state index >= 15 is 0 Å². The molecule has 0 aliphatic carbocycles. The zero-order chi connectivity index (χ0) is 5.98. The summed E-state index contributed by atoms with van der Waals surface area (Å²) in [6.07, 6.45) is 0. The summed E-state index contributed by atoms with van der Waals surface area (Å²) in [5, 5.41) is 0.